The number of nitrogens with zero attached hydrogens (tertiary/aromatic N) is 2. The molecule has 2 atom stereocenters. The molecule has 5 heteroatoms. The smallest absolute Gasteiger partial charge is 0.237 e. The molecular formula is C17H35N3O2. The number of hydrogen-bond acceptors (Lipinski definition) is 4. The molecule has 1 aliphatic rings. The first kappa shape index (κ1) is 19.4. The Balaban J connectivity index is 2.52. The van der Waals surface area contributed by atoms with E-state index < -0.39 is 0 Å². The summed E-state index contributed by atoms with van der Waals surface area (Å²) in [6, 6.07) is 0.446. The molecule has 0 unspecified atom stereocenters. The first-order chi connectivity index (χ1) is 10.3. The minimum Gasteiger partial charge on any atom is -0.380 e. The molecule has 130 valence electrons. The van der Waals surface area contributed by atoms with Gasteiger partial charge in [-0.15, -0.1) is 0 Å². The Bertz CT molecular complexity index is 341. The van der Waals surface area contributed by atoms with Gasteiger partial charge in [0.2, 0.25) is 5.91 Å². The van der Waals surface area contributed by atoms with Gasteiger partial charge < -0.3 is 10.1 Å². The van der Waals surface area contributed by atoms with Gasteiger partial charge in [-0.3, -0.25) is 14.6 Å². The van der Waals surface area contributed by atoms with E-state index in [1.165, 1.54) is 0 Å². The number of ether oxygens (including phenoxy) is 1. The maximum atomic E-state index is 12.4. The van der Waals surface area contributed by atoms with Gasteiger partial charge in [0.25, 0.3) is 0 Å². The van der Waals surface area contributed by atoms with E-state index in [9.17, 15) is 4.79 Å². The lowest BCUT2D eigenvalue weighted by atomic mass is 10.1. The summed E-state index contributed by atoms with van der Waals surface area (Å²) in [7, 11) is 0. The van der Waals surface area contributed by atoms with Crippen LogP contribution in [-0.4, -0.2) is 72.7 Å². The quantitative estimate of drug-likeness (QED) is 0.727. The summed E-state index contributed by atoms with van der Waals surface area (Å²) in [5.41, 5.74) is -0.172. The highest BCUT2D eigenvalue weighted by molar-refractivity contribution is 5.81. The Kier molecular flexibility index (Phi) is 7.80. The summed E-state index contributed by atoms with van der Waals surface area (Å²) < 4.78 is 5.48. The minimum atomic E-state index is -0.172. The van der Waals surface area contributed by atoms with Crippen molar-refractivity contribution in [3.63, 3.8) is 0 Å². The molecule has 0 aliphatic carbocycles. The van der Waals surface area contributed by atoms with Gasteiger partial charge in [0.1, 0.15) is 0 Å². The molecule has 0 aromatic rings. The normalized spacial score (nSPS) is 22.5. The molecule has 1 N–H and O–H groups in total. The monoisotopic (exact) mass is 313 g/mol. The van der Waals surface area contributed by atoms with Crippen LogP contribution < -0.4 is 5.32 Å². The molecule has 1 aliphatic heterocycles. The predicted octanol–water partition coefficient (Wildman–Crippen LogP) is 1.72. The summed E-state index contributed by atoms with van der Waals surface area (Å²) in [6.07, 6.45) is 1.11. The van der Waals surface area contributed by atoms with Crippen LogP contribution in [0.3, 0.4) is 0 Å². The van der Waals surface area contributed by atoms with E-state index in [-0.39, 0.29) is 17.5 Å². The van der Waals surface area contributed by atoms with Gasteiger partial charge in [0, 0.05) is 44.4 Å². The molecular weight excluding hydrogens is 278 g/mol. The van der Waals surface area contributed by atoms with Crippen LogP contribution in [0.1, 0.15) is 48.0 Å². The number of amides is 1. The van der Waals surface area contributed by atoms with Crippen molar-refractivity contribution in [2.24, 2.45) is 0 Å². The predicted molar refractivity (Wildman–Crippen MR) is 91.1 cm³/mol. The summed E-state index contributed by atoms with van der Waals surface area (Å²) in [4.78, 5) is 17.2. The van der Waals surface area contributed by atoms with Crippen molar-refractivity contribution in [2.75, 3.05) is 39.4 Å². The van der Waals surface area contributed by atoms with Crippen LogP contribution in [-0.2, 0) is 9.53 Å². The molecule has 22 heavy (non-hydrogen) atoms. The lowest BCUT2D eigenvalue weighted by Gasteiger charge is -2.43. The third-order valence-corrected chi connectivity index (χ3v) is 4.26. The lowest BCUT2D eigenvalue weighted by Crippen LogP contribution is -2.59. The number of nitrogens with one attached hydrogen (secondary N) is 1. The number of hydrogen-bond donors (Lipinski definition) is 1. The van der Waals surface area contributed by atoms with E-state index in [2.05, 4.69) is 22.0 Å². The van der Waals surface area contributed by atoms with Crippen molar-refractivity contribution in [1.82, 2.24) is 15.1 Å². The van der Waals surface area contributed by atoms with Crippen LogP contribution in [0.2, 0.25) is 0 Å². The molecule has 0 bridgehead atoms. The highest BCUT2D eigenvalue weighted by atomic mass is 16.5. The SMILES string of the molecule is CCOCCN1CCN([C@H](C)C(=O)NC(C)(C)C)C[C@@H]1CC. The van der Waals surface area contributed by atoms with Gasteiger partial charge in [-0.1, -0.05) is 6.92 Å². The average Bonchev–Trinajstić information content (AvgIpc) is 2.45. The second-order valence-electron chi connectivity index (χ2n) is 7.21. The molecule has 0 aromatic carbocycles. The number of carbonyl (C=O) groups is 1. The Labute approximate surface area is 136 Å². The van der Waals surface area contributed by atoms with Gasteiger partial charge in [0.05, 0.1) is 12.6 Å². The molecule has 1 fully saturated rings. The molecule has 1 saturated heterocycles. The number of rotatable bonds is 7. The zero-order chi connectivity index (χ0) is 16.8. The topological polar surface area (TPSA) is 44.8 Å². The zero-order valence-corrected chi connectivity index (χ0v) is 15.3. The summed E-state index contributed by atoms with van der Waals surface area (Å²) >= 11 is 0. The van der Waals surface area contributed by atoms with Crippen LogP contribution in [0.4, 0.5) is 0 Å². The van der Waals surface area contributed by atoms with Crippen molar-refractivity contribution in [3.05, 3.63) is 0 Å². The van der Waals surface area contributed by atoms with Gasteiger partial charge in [-0.2, -0.15) is 0 Å². The highest BCUT2D eigenvalue weighted by Crippen LogP contribution is 2.15. The Hall–Kier alpha value is -0.650. The maximum absolute atomic E-state index is 12.4. The largest absolute Gasteiger partial charge is 0.380 e. The van der Waals surface area contributed by atoms with Crippen LogP contribution in [0.5, 0.6) is 0 Å². The summed E-state index contributed by atoms with van der Waals surface area (Å²) in [5, 5.41) is 3.09. The van der Waals surface area contributed by atoms with Crippen LogP contribution >= 0.6 is 0 Å². The molecule has 0 aromatic heterocycles. The van der Waals surface area contributed by atoms with E-state index >= 15 is 0 Å². The first-order valence-corrected chi connectivity index (χ1v) is 8.66. The number of piperazine rings is 1. The molecule has 0 radical (unpaired) electrons. The van der Waals surface area contributed by atoms with E-state index in [0.717, 1.165) is 45.8 Å². The maximum Gasteiger partial charge on any atom is 0.237 e. The Morgan fingerprint density at radius 1 is 1.32 bits per heavy atom. The standard InChI is InChI=1S/C17H35N3O2/c1-7-15-13-20(10-9-19(15)11-12-22-8-2)14(3)16(21)18-17(4,5)6/h14-15H,7-13H2,1-6H3,(H,18,21)/t14-,15+/m1/s1. The van der Waals surface area contributed by atoms with E-state index in [4.69, 9.17) is 4.74 Å². The molecule has 0 saturated carbocycles. The van der Waals surface area contributed by atoms with Crippen LogP contribution in [0.25, 0.3) is 0 Å². The van der Waals surface area contributed by atoms with Crippen LogP contribution in [0.15, 0.2) is 0 Å². The molecule has 1 rings (SSSR count). The second kappa shape index (κ2) is 8.85. The fourth-order valence-corrected chi connectivity index (χ4v) is 2.92. The Morgan fingerprint density at radius 2 is 2.00 bits per heavy atom. The van der Waals surface area contributed by atoms with E-state index in [0.29, 0.717) is 6.04 Å². The second-order valence-corrected chi connectivity index (χ2v) is 7.21. The van der Waals surface area contributed by atoms with Gasteiger partial charge in [-0.05, 0) is 41.0 Å². The third kappa shape index (κ3) is 6.23. The summed E-state index contributed by atoms with van der Waals surface area (Å²) in [6.45, 7) is 17.8. The highest BCUT2D eigenvalue weighted by Gasteiger charge is 2.31. The van der Waals surface area contributed by atoms with Gasteiger partial charge in [-0.25, -0.2) is 0 Å². The number of carbonyl (C=O) groups excluding carboxylic acids is 1. The van der Waals surface area contributed by atoms with Gasteiger partial charge in [0.15, 0.2) is 0 Å². The minimum absolute atomic E-state index is 0.0673. The van der Waals surface area contributed by atoms with Crippen molar-refractivity contribution in [1.29, 1.82) is 0 Å². The van der Waals surface area contributed by atoms with Crippen molar-refractivity contribution >= 4 is 5.91 Å². The van der Waals surface area contributed by atoms with E-state index in [1.54, 1.807) is 0 Å². The summed E-state index contributed by atoms with van der Waals surface area (Å²) in [5.74, 6) is 0.130. The van der Waals surface area contributed by atoms with Crippen molar-refractivity contribution in [3.8, 4) is 0 Å². The molecule has 5 nitrogen and oxygen atoms in total. The Morgan fingerprint density at radius 3 is 2.55 bits per heavy atom. The van der Waals surface area contributed by atoms with Crippen molar-refractivity contribution in [2.45, 2.75) is 65.6 Å². The molecule has 1 amide bonds. The molecule has 0 spiro atoms. The van der Waals surface area contributed by atoms with E-state index in [1.807, 2.05) is 34.6 Å². The average molecular weight is 313 g/mol. The third-order valence-electron chi connectivity index (χ3n) is 4.26. The first-order valence-electron chi connectivity index (χ1n) is 8.66. The van der Waals surface area contributed by atoms with Crippen molar-refractivity contribution < 1.29 is 9.53 Å². The van der Waals surface area contributed by atoms with Crippen LogP contribution in [0, 0.1) is 0 Å². The lowest BCUT2D eigenvalue weighted by molar-refractivity contribution is -0.128. The molecule has 1 heterocycles. The zero-order valence-electron chi connectivity index (χ0n) is 15.3. The fourth-order valence-electron chi connectivity index (χ4n) is 2.92. The van der Waals surface area contributed by atoms with Gasteiger partial charge >= 0.3 is 0 Å². The fraction of sp³-hybridized carbons (Fsp3) is 0.941.